The average Bonchev–Trinajstić information content (AvgIpc) is 2.34. The van der Waals surface area contributed by atoms with Crippen molar-refractivity contribution in [3.8, 4) is 0 Å². The summed E-state index contributed by atoms with van der Waals surface area (Å²) in [6.45, 7) is 0. The largest absolute Gasteiger partial charge is 0.224 e. The normalized spacial score (nSPS) is 29.6. The molecule has 0 aromatic carbocycles. The minimum Gasteiger partial charge on any atom is -0.224 e. The fourth-order valence-corrected chi connectivity index (χ4v) is 5.21. The Morgan fingerprint density at radius 1 is 1.78 bits per heavy atom. The van der Waals surface area contributed by atoms with Crippen LogP contribution in [0.4, 0.5) is 0 Å². The molecule has 0 aliphatic carbocycles. The Balaban J connectivity index is 2.18. The van der Waals surface area contributed by atoms with Crippen molar-refractivity contribution >= 4 is 40.0 Å². The summed E-state index contributed by atoms with van der Waals surface area (Å²) in [7, 11) is 0.216. The van der Waals surface area contributed by atoms with E-state index in [1.807, 2.05) is 11.8 Å². The van der Waals surface area contributed by atoms with Crippen molar-refractivity contribution in [2.75, 3.05) is 22.5 Å². The summed E-state index contributed by atoms with van der Waals surface area (Å²) in [4.78, 5) is 3.93. The first-order valence-corrected chi connectivity index (χ1v) is 6.23. The van der Waals surface area contributed by atoms with Gasteiger partial charge in [0.2, 0.25) is 0 Å². The fourth-order valence-electron chi connectivity index (χ4n) is 0.692. The summed E-state index contributed by atoms with van der Waals surface area (Å²) in [5.74, 6) is 3.67. The lowest BCUT2D eigenvalue weighted by molar-refractivity contribution is 1.39. The minimum absolute atomic E-state index is 0.216. The maximum Gasteiger partial charge on any atom is 0.0780 e. The second-order valence-corrected chi connectivity index (χ2v) is 5.93. The van der Waals surface area contributed by atoms with Crippen molar-refractivity contribution in [2.24, 2.45) is 4.99 Å². The van der Waals surface area contributed by atoms with E-state index < -0.39 is 0 Å². The van der Waals surface area contributed by atoms with E-state index in [4.69, 9.17) is 0 Å². The first-order valence-electron chi connectivity index (χ1n) is 2.77. The van der Waals surface area contributed by atoms with Crippen LogP contribution in [0.3, 0.4) is 0 Å². The second-order valence-electron chi connectivity index (χ2n) is 1.82. The lowest BCUT2D eigenvalue weighted by Gasteiger charge is -2.05. The summed E-state index contributed by atoms with van der Waals surface area (Å²) in [6.07, 6.45) is 0. The number of isothiocyanates is 1. The third-order valence-electron chi connectivity index (χ3n) is 1.16. The third kappa shape index (κ3) is 2.72. The Kier molecular flexibility index (Phi) is 3.66. The molecule has 0 aromatic heterocycles. The minimum atomic E-state index is 0.216. The highest BCUT2D eigenvalue weighted by Crippen LogP contribution is 2.36. The molecule has 0 bridgehead atoms. The van der Waals surface area contributed by atoms with Crippen LogP contribution in [-0.4, -0.2) is 27.6 Å². The van der Waals surface area contributed by atoms with E-state index in [-0.39, 0.29) is 10.9 Å². The van der Waals surface area contributed by atoms with Crippen LogP contribution in [0, 0.1) is 0 Å². The van der Waals surface area contributed by atoms with Gasteiger partial charge in [0.05, 0.1) is 11.0 Å². The van der Waals surface area contributed by atoms with Crippen molar-refractivity contribution in [3.05, 3.63) is 0 Å². The maximum absolute atomic E-state index is 4.47. The molecule has 0 spiro atoms. The SMILES string of the molecule is S=C=NC[SH]1CCSC1. The topological polar surface area (TPSA) is 12.4 Å². The summed E-state index contributed by atoms with van der Waals surface area (Å²) >= 11 is 6.51. The molecule has 1 nitrogen and oxygen atoms in total. The molecule has 1 aliphatic heterocycles. The van der Waals surface area contributed by atoms with Crippen LogP contribution in [0.5, 0.6) is 0 Å². The quantitative estimate of drug-likeness (QED) is 0.394. The van der Waals surface area contributed by atoms with Crippen LogP contribution in [0.15, 0.2) is 4.99 Å². The van der Waals surface area contributed by atoms with Gasteiger partial charge in [-0.05, 0) is 18.0 Å². The van der Waals surface area contributed by atoms with Crippen molar-refractivity contribution in [1.29, 1.82) is 0 Å². The molecular formula is C5H9NS3. The van der Waals surface area contributed by atoms with Gasteiger partial charge in [0.15, 0.2) is 0 Å². The van der Waals surface area contributed by atoms with Crippen molar-refractivity contribution < 1.29 is 0 Å². The van der Waals surface area contributed by atoms with Gasteiger partial charge >= 0.3 is 0 Å². The number of thiol groups is 1. The predicted molar refractivity (Wildman–Crippen MR) is 51.1 cm³/mol. The number of aliphatic imine (C=N–C) groups is 1. The predicted octanol–water partition coefficient (Wildman–Crippen LogP) is 1.75. The summed E-state index contributed by atoms with van der Waals surface area (Å²) in [5, 5.41) is 3.74. The molecule has 4 heteroatoms. The van der Waals surface area contributed by atoms with E-state index in [1.54, 1.807) is 0 Å². The number of thiocarbonyl (C=S) groups is 1. The van der Waals surface area contributed by atoms with E-state index in [0.29, 0.717) is 0 Å². The molecule has 9 heavy (non-hydrogen) atoms. The number of nitrogens with zero attached hydrogens (tertiary/aromatic N) is 1. The molecule has 1 rings (SSSR count). The van der Waals surface area contributed by atoms with Crippen LogP contribution < -0.4 is 0 Å². The summed E-state index contributed by atoms with van der Waals surface area (Å²) in [5.41, 5.74) is 0. The van der Waals surface area contributed by atoms with Crippen LogP contribution in [0.2, 0.25) is 0 Å². The molecule has 0 aromatic rings. The number of rotatable bonds is 2. The third-order valence-corrected chi connectivity index (χ3v) is 5.67. The van der Waals surface area contributed by atoms with Gasteiger partial charge in [0.1, 0.15) is 0 Å². The zero-order valence-corrected chi connectivity index (χ0v) is 7.57. The van der Waals surface area contributed by atoms with E-state index in [2.05, 4.69) is 22.4 Å². The lowest BCUT2D eigenvalue weighted by atomic mass is 11.0. The van der Waals surface area contributed by atoms with Gasteiger partial charge in [-0.2, -0.15) is 11.8 Å². The molecule has 1 atom stereocenters. The van der Waals surface area contributed by atoms with Gasteiger partial charge in [0.25, 0.3) is 0 Å². The Morgan fingerprint density at radius 3 is 3.22 bits per heavy atom. The van der Waals surface area contributed by atoms with E-state index in [1.165, 1.54) is 16.6 Å². The van der Waals surface area contributed by atoms with Crippen molar-refractivity contribution in [1.82, 2.24) is 0 Å². The van der Waals surface area contributed by atoms with Crippen LogP contribution in [0.1, 0.15) is 0 Å². The van der Waals surface area contributed by atoms with Gasteiger partial charge in [-0.1, -0.05) is 0 Å². The van der Waals surface area contributed by atoms with Gasteiger partial charge in [0, 0.05) is 10.8 Å². The molecule has 1 unspecified atom stereocenters. The highest BCUT2D eigenvalue weighted by atomic mass is 32.2. The molecule has 0 N–H and O–H groups in total. The fraction of sp³-hybridized carbons (Fsp3) is 0.800. The summed E-state index contributed by atoms with van der Waals surface area (Å²) < 4.78 is 0. The molecule has 1 heterocycles. The number of thioether (sulfide) groups is 1. The van der Waals surface area contributed by atoms with Crippen LogP contribution in [0.25, 0.3) is 0 Å². The average molecular weight is 179 g/mol. The zero-order valence-electron chi connectivity index (χ0n) is 5.04. The molecule has 0 amide bonds. The number of hydrogen-bond acceptors (Lipinski definition) is 3. The standard InChI is InChI=1S/C5H9NS3/c7-3-6-4-9-2-1-8-5-9/h9H,1-2,4-5H2. The van der Waals surface area contributed by atoms with Gasteiger partial charge < -0.3 is 0 Å². The molecule has 52 valence electrons. The Labute approximate surface area is 67.7 Å². The van der Waals surface area contributed by atoms with Crippen molar-refractivity contribution in [3.63, 3.8) is 0 Å². The molecule has 1 aliphatic rings. The van der Waals surface area contributed by atoms with Crippen LogP contribution in [-0.2, 0) is 0 Å². The lowest BCUT2D eigenvalue weighted by Crippen LogP contribution is -1.86. The smallest absolute Gasteiger partial charge is 0.0780 e. The van der Waals surface area contributed by atoms with Gasteiger partial charge in [-0.3, -0.25) is 0 Å². The van der Waals surface area contributed by atoms with Crippen molar-refractivity contribution in [2.45, 2.75) is 0 Å². The monoisotopic (exact) mass is 179 g/mol. The first kappa shape index (κ1) is 7.61. The molecule has 1 fully saturated rings. The van der Waals surface area contributed by atoms with E-state index in [9.17, 15) is 0 Å². The first-order chi connectivity index (χ1) is 4.43. The highest BCUT2D eigenvalue weighted by molar-refractivity contribution is 8.29. The number of hydrogen-bond donors (Lipinski definition) is 1. The molecular weight excluding hydrogens is 170 g/mol. The Hall–Kier alpha value is 0.500. The van der Waals surface area contributed by atoms with E-state index >= 15 is 0 Å². The van der Waals surface area contributed by atoms with Gasteiger partial charge in [-0.15, -0.1) is 0 Å². The Morgan fingerprint density at radius 2 is 2.67 bits per heavy atom. The zero-order chi connectivity index (χ0) is 6.53. The second kappa shape index (κ2) is 4.34. The van der Waals surface area contributed by atoms with Gasteiger partial charge in [-0.25, -0.2) is 15.9 Å². The maximum atomic E-state index is 4.47. The molecule has 0 saturated carbocycles. The molecule has 0 radical (unpaired) electrons. The molecule has 1 saturated heterocycles. The Bertz CT molecular complexity index is 124. The van der Waals surface area contributed by atoms with E-state index in [0.717, 1.165) is 5.88 Å². The summed E-state index contributed by atoms with van der Waals surface area (Å²) in [6, 6.07) is 0. The highest BCUT2D eigenvalue weighted by Gasteiger charge is 2.09. The van der Waals surface area contributed by atoms with Crippen LogP contribution >= 0.6 is 34.9 Å².